The van der Waals surface area contributed by atoms with Crippen molar-refractivity contribution in [2.75, 3.05) is 38.2 Å². The molecule has 3 aromatic rings. The number of benzene rings is 1. The third-order valence-electron chi connectivity index (χ3n) is 5.29. The number of nitrogens with zero attached hydrogens (tertiary/aromatic N) is 7. The molecular formula is C20H25N7O2S. The predicted molar refractivity (Wildman–Crippen MR) is 118 cm³/mol. The topological polar surface area (TPSA) is 88.7 Å². The minimum absolute atomic E-state index is 0.580. The van der Waals surface area contributed by atoms with Gasteiger partial charge in [-0.15, -0.1) is 4.91 Å². The lowest BCUT2D eigenvalue weighted by Gasteiger charge is -2.32. The number of piperazine rings is 1. The number of rotatable bonds is 7. The molecule has 1 aliphatic rings. The van der Waals surface area contributed by atoms with Crippen LogP contribution < -0.4 is 9.64 Å². The Morgan fingerprint density at radius 3 is 2.47 bits per heavy atom. The van der Waals surface area contributed by atoms with Crippen LogP contribution in [0.25, 0.3) is 11.2 Å². The van der Waals surface area contributed by atoms with E-state index in [1.54, 1.807) is 23.9 Å². The van der Waals surface area contributed by atoms with Crippen molar-refractivity contribution in [1.29, 1.82) is 0 Å². The van der Waals surface area contributed by atoms with Crippen molar-refractivity contribution in [1.82, 2.24) is 24.5 Å². The van der Waals surface area contributed by atoms with Gasteiger partial charge in [0.05, 0.1) is 25.5 Å². The highest BCUT2D eigenvalue weighted by Crippen LogP contribution is 2.29. The number of anilines is 1. The maximum absolute atomic E-state index is 10.8. The summed E-state index contributed by atoms with van der Waals surface area (Å²) in [5.41, 5.74) is 2.83. The Labute approximate surface area is 179 Å². The molecule has 0 saturated carbocycles. The molecule has 0 bridgehead atoms. The second-order valence-corrected chi connectivity index (χ2v) is 8.04. The molecule has 3 heterocycles. The maximum atomic E-state index is 10.8. The van der Waals surface area contributed by atoms with E-state index in [0.29, 0.717) is 26.2 Å². The Morgan fingerprint density at radius 2 is 1.83 bits per heavy atom. The summed E-state index contributed by atoms with van der Waals surface area (Å²) in [5.74, 6) is 3.41. The van der Waals surface area contributed by atoms with Gasteiger partial charge in [-0.25, -0.2) is 15.0 Å². The number of nitroso groups, excluding NO2 is 1. The van der Waals surface area contributed by atoms with Gasteiger partial charge in [0, 0.05) is 32.3 Å². The number of fused-ring (bicyclic) bond motifs is 1. The summed E-state index contributed by atoms with van der Waals surface area (Å²) in [4.78, 5) is 27.5. The lowest BCUT2D eigenvalue weighted by Crippen LogP contribution is -2.44. The highest BCUT2D eigenvalue weighted by atomic mass is 32.2. The van der Waals surface area contributed by atoms with Crippen LogP contribution >= 0.6 is 11.8 Å². The molecule has 4 rings (SSSR count). The van der Waals surface area contributed by atoms with Crippen molar-refractivity contribution in [2.45, 2.75) is 24.3 Å². The van der Waals surface area contributed by atoms with Crippen LogP contribution in [0, 0.1) is 4.91 Å². The number of ether oxygens (including phenoxy) is 1. The first kappa shape index (κ1) is 20.4. The van der Waals surface area contributed by atoms with Gasteiger partial charge in [-0.1, -0.05) is 30.8 Å². The van der Waals surface area contributed by atoms with E-state index >= 15 is 0 Å². The highest BCUT2D eigenvalue weighted by molar-refractivity contribution is 7.98. The summed E-state index contributed by atoms with van der Waals surface area (Å²) in [6.45, 7) is 4.60. The fourth-order valence-corrected chi connectivity index (χ4v) is 4.32. The van der Waals surface area contributed by atoms with Crippen LogP contribution in [-0.2, 0) is 19.2 Å². The zero-order chi connectivity index (χ0) is 21.1. The number of thioether (sulfide) groups is 1. The molecule has 0 unspecified atom stereocenters. The van der Waals surface area contributed by atoms with Crippen LogP contribution in [0.5, 0.6) is 5.75 Å². The van der Waals surface area contributed by atoms with Gasteiger partial charge in [-0.2, -0.15) is 0 Å². The lowest BCUT2D eigenvalue weighted by molar-refractivity contribution is 0.266. The van der Waals surface area contributed by atoms with E-state index < -0.39 is 0 Å². The number of hydrogen-bond acceptors (Lipinski definition) is 8. The fraction of sp³-hybridized carbons (Fsp3) is 0.450. The highest BCUT2D eigenvalue weighted by Gasteiger charge is 2.23. The first-order valence-electron chi connectivity index (χ1n) is 9.95. The molecule has 9 nitrogen and oxygen atoms in total. The van der Waals surface area contributed by atoms with Gasteiger partial charge in [-0.05, 0) is 17.7 Å². The van der Waals surface area contributed by atoms with E-state index in [1.807, 2.05) is 23.7 Å². The lowest BCUT2D eigenvalue weighted by atomic mass is 10.2. The SMILES string of the molecule is CCc1nc2c(N3CCN(N=O)CC3)nc(SCc3ccc(OC)cc3)nc2n1C. The smallest absolute Gasteiger partial charge is 0.191 e. The van der Waals surface area contributed by atoms with Gasteiger partial charge in [0.1, 0.15) is 11.6 Å². The Morgan fingerprint density at radius 1 is 1.10 bits per heavy atom. The van der Waals surface area contributed by atoms with Crippen LogP contribution in [0.4, 0.5) is 5.82 Å². The van der Waals surface area contributed by atoms with Crippen LogP contribution in [0.3, 0.4) is 0 Å². The Bertz CT molecular complexity index is 1030. The third kappa shape index (κ3) is 4.04. The van der Waals surface area contributed by atoms with Crippen molar-refractivity contribution in [3.8, 4) is 5.75 Å². The Balaban J connectivity index is 1.64. The summed E-state index contributed by atoms with van der Waals surface area (Å²) in [6.07, 6.45) is 0.823. The zero-order valence-corrected chi connectivity index (χ0v) is 18.2. The van der Waals surface area contributed by atoms with Crippen molar-refractivity contribution >= 4 is 28.7 Å². The molecule has 0 atom stereocenters. The number of aromatic nitrogens is 4. The molecule has 1 fully saturated rings. The molecule has 0 radical (unpaired) electrons. The van der Waals surface area contributed by atoms with Gasteiger partial charge in [0.15, 0.2) is 22.1 Å². The number of aryl methyl sites for hydroxylation is 2. The van der Waals surface area contributed by atoms with Gasteiger partial charge in [0.2, 0.25) is 0 Å². The van der Waals surface area contributed by atoms with Gasteiger partial charge < -0.3 is 14.2 Å². The molecule has 1 saturated heterocycles. The minimum atomic E-state index is 0.580. The van der Waals surface area contributed by atoms with Crippen molar-refractivity contribution in [3.63, 3.8) is 0 Å². The molecule has 10 heteroatoms. The quantitative estimate of drug-likeness (QED) is 0.323. The Hall–Kier alpha value is -2.88. The molecule has 1 aromatic carbocycles. The zero-order valence-electron chi connectivity index (χ0n) is 17.4. The van der Waals surface area contributed by atoms with Gasteiger partial charge in [-0.3, -0.25) is 5.01 Å². The van der Waals surface area contributed by atoms with E-state index in [1.165, 1.54) is 5.56 Å². The van der Waals surface area contributed by atoms with Crippen LogP contribution in [0.15, 0.2) is 34.7 Å². The molecule has 1 aliphatic heterocycles. The summed E-state index contributed by atoms with van der Waals surface area (Å²) in [7, 11) is 3.66. The fourth-order valence-electron chi connectivity index (χ4n) is 3.53. The van der Waals surface area contributed by atoms with Crippen LogP contribution in [0.1, 0.15) is 18.3 Å². The molecule has 0 N–H and O–H groups in total. The van der Waals surface area contributed by atoms with E-state index in [0.717, 1.165) is 45.9 Å². The molecule has 158 valence electrons. The first-order valence-corrected chi connectivity index (χ1v) is 10.9. The standard InChI is InChI=1S/C20H25N7O2S/c1-4-16-21-17-18(25(16)2)22-20(30-13-14-5-7-15(29-3)8-6-14)23-19(17)26-9-11-27(24-28)12-10-26/h5-8H,4,9-13H2,1-3H3. The third-order valence-corrected chi connectivity index (χ3v) is 6.21. The van der Waals surface area contributed by atoms with Gasteiger partial charge in [0.25, 0.3) is 0 Å². The van der Waals surface area contributed by atoms with E-state index in [-0.39, 0.29) is 0 Å². The van der Waals surface area contributed by atoms with Crippen molar-refractivity contribution in [3.05, 3.63) is 40.6 Å². The predicted octanol–water partition coefficient (Wildman–Crippen LogP) is 3.03. The average molecular weight is 428 g/mol. The second-order valence-electron chi connectivity index (χ2n) is 7.10. The molecule has 30 heavy (non-hydrogen) atoms. The maximum Gasteiger partial charge on any atom is 0.191 e. The number of methoxy groups -OCH3 is 1. The first-order chi connectivity index (χ1) is 14.6. The molecule has 2 aromatic heterocycles. The Kier molecular flexibility index (Phi) is 6.03. The monoisotopic (exact) mass is 427 g/mol. The van der Waals surface area contributed by atoms with Crippen LogP contribution in [-0.4, -0.2) is 57.8 Å². The molecular weight excluding hydrogens is 402 g/mol. The number of hydrogen-bond donors (Lipinski definition) is 0. The summed E-state index contributed by atoms with van der Waals surface area (Å²) in [5, 5.41) is 5.32. The minimum Gasteiger partial charge on any atom is -0.497 e. The number of imidazole rings is 1. The van der Waals surface area contributed by atoms with Crippen molar-refractivity contribution < 1.29 is 4.74 Å². The largest absolute Gasteiger partial charge is 0.497 e. The molecule has 0 amide bonds. The second kappa shape index (κ2) is 8.86. The van der Waals surface area contributed by atoms with E-state index in [2.05, 4.69) is 29.2 Å². The van der Waals surface area contributed by atoms with Gasteiger partial charge >= 0.3 is 0 Å². The summed E-state index contributed by atoms with van der Waals surface area (Å²) in [6, 6.07) is 8.02. The summed E-state index contributed by atoms with van der Waals surface area (Å²) < 4.78 is 7.27. The molecule has 0 aliphatic carbocycles. The van der Waals surface area contributed by atoms with Crippen molar-refractivity contribution in [2.24, 2.45) is 12.3 Å². The average Bonchev–Trinajstić information content (AvgIpc) is 3.13. The molecule has 0 spiro atoms. The van der Waals surface area contributed by atoms with E-state index in [4.69, 9.17) is 19.7 Å². The normalized spacial score (nSPS) is 14.4. The van der Waals surface area contributed by atoms with E-state index in [9.17, 15) is 4.91 Å². The summed E-state index contributed by atoms with van der Waals surface area (Å²) >= 11 is 1.60. The van der Waals surface area contributed by atoms with Crippen LogP contribution in [0.2, 0.25) is 0 Å².